The minimum Gasteiger partial charge on any atom is -0.467 e. The number of carbonyl (C=O) groups excluding carboxylic acids is 1. The van der Waals surface area contributed by atoms with Gasteiger partial charge in [-0.2, -0.15) is 5.10 Å². The van der Waals surface area contributed by atoms with Gasteiger partial charge >= 0.3 is 0 Å². The third-order valence-electron chi connectivity index (χ3n) is 5.86. The van der Waals surface area contributed by atoms with Crippen LogP contribution in [0.1, 0.15) is 34.9 Å². The van der Waals surface area contributed by atoms with Gasteiger partial charge in [-0.3, -0.25) is 9.78 Å². The molecule has 1 aromatic carbocycles. The van der Waals surface area contributed by atoms with Crippen LogP contribution < -0.4 is 5.32 Å². The highest BCUT2D eigenvalue weighted by molar-refractivity contribution is 6.06. The van der Waals surface area contributed by atoms with E-state index < -0.39 is 0 Å². The topological polar surface area (TPSA) is 115 Å². The molecule has 6 rings (SSSR count). The number of amides is 1. The highest BCUT2D eigenvalue weighted by Crippen LogP contribution is 2.26. The van der Waals surface area contributed by atoms with Crippen LogP contribution in [-0.4, -0.2) is 35.6 Å². The van der Waals surface area contributed by atoms with E-state index in [-0.39, 0.29) is 11.9 Å². The number of carbonyl (C=O) groups is 1. The first kappa shape index (κ1) is 20.8. The Hall–Kier alpha value is -4.79. The molecule has 0 aliphatic rings. The quantitative estimate of drug-likeness (QED) is 0.376. The summed E-state index contributed by atoms with van der Waals surface area (Å²) < 4.78 is 7.22. The number of nitrogens with one attached hydrogen (secondary N) is 2. The third-order valence-corrected chi connectivity index (χ3v) is 5.86. The fraction of sp³-hybridized carbons (Fsp3) is 0.115. The summed E-state index contributed by atoms with van der Waals surface area (Å²) in [5, 5.41) is 8.21. The number of nitrogens with zero attached hydrogens (tertiary/aromatic N) is 5. The zero-order chi connectivity index (χ0) is 23.8. The van der Waals surface area contributed by atoms with E-state index in [1.54, 1.807) is 35.6 Å². The number of H-pyrrole nitrogens is 1. The molecule has 1 unspecified atom stereocenters. The van der Waals surface area contributed by atoms with Crippen LogP contribution >= 0.6 is 0 Å². The van der Waals surface area contributed by atoms with Gasteiger partial charge in [-0.1, -0.05) is 12.1 Å². The normalized spacial score (nSPS) is 12.3. The van der Waals surface area contributed by atoms with E-state index in [0.717, 1.165) is 22.4 Å². The van der Waals surface area contributed by atoms with Crippen LogP contribution in [0.4, 0.5) is 0 Å². The Morgan fingerprint density at radius 2 is 2.03 bits per heavy atom. The third kappa shape index (κ3) is 3.93. The summed E-state index contributed by atoms with van der Waals surface area (Å²) in [6.45, 7) is 2.30. The highest BCUT2D eigenvalue weighted by Gasteiger charge is 2.21. The van der Waals surface area contributed by atoms with Crippen molar-refractivity contribution in [2.45, 2.75) is 19.5 Å². The molecule has 2 N–H and O–H groups in total. The molecule has 0 saturated carbocycles. The second kappa shape index (κ2) is 8.53. The zero-order valence-electron chi connectivity index (χ0n) is 18.8. The molecule has 5 aromatic heterocycles. The zero-order valence-corrected chi connectivity index (χ0v) is 18.8. The number of aromatic nitrogens is 6. The minimum absolute atomic E-state index is 0.243. The van der Waals surface area contributed by atoms with Crippen molar-refractivity contribution in [2.24, 2.45) is 0 Å². The molecule has 0 saturated heterocycles. The summed E-state index contributed by atoms with van der Waals surface area (Å²) >= 11 is 0. The van der Waals surface area contributed by atoms with Gasteiger partial charge < -0.3 is 14.7 Å². The van der Waals surface area contributed by atoms with Gasteiger partial charge in [0.2, 0.25) is 0 Å². The van der Waals surface area contributed by atoms with Gasteiger partial charge in [0.05, 0.1) is 46.2 Å². The van der Waals surface area contributed by atoms with E-state index in [1.165, 1.54) is 0 Å². The molecule has 9 nitrogen and oxygen atoms in total. The molecular weight excluding hydrogens is 442 g/mol. The number of para-hydroxylation sites is 2. The molecule has 172 valence electrons. The summed E-state index contributed by atoms with van der Waals surface area (Å²) in [5.74, 6) is 1.19. The van der Waals surface area contributed by atoms with Crippen molar-refractivity contribution in [1.29, 1.82) is 0 Å². The fourth-order valence-electron chi connectivity index (χ4n) is 4.08. The molecule has 5 heterocycles. The number of imidazole rings is 1. The number of hydrogen-bond acceptors (Lipinski definition) is 6. The first-order valence-electron chi connectivity index (χ1n) is 11.2. The van der Waals surface area contributed by atoms with Crippen LogP contribution in [0.25, 0.3) is 33.3 Å². The van der Waals surface area contributed by atoms with Crippen molar-refractivity contribution in [3.05, 3.63) is 96.6 Å². The Bertz CT molecular complexity index is 1600. The highest BCUT2D eigenvalue weighted by atomic mass is 16.3. The van der Waals surface area contributed by atoms with Gasteiger partial charge in [0.1, 0.15) is 18.1 Å². The first-order chi connectivity index (χ1) is 17.2. The molecule has 9 heteroatoms. The molecule has 1 amide bonds. The fourth-order valence-corrected chi connectivity index (χ4v) is 4.08. The molecular formula is C26H21N7O2. The van der Waals surface area contributed by atoms with Crippen molar-refractivity contribution in [3.8, 4) is 11.3 Å². The minimum atomic E-state index is -0.335. The number of rotatable bonds is 6. The lowest BCUT2D eigenvalue weighted by Gasteiger charge is -2.13. The van der Waals surface area contributed by atoms with E-state index >= 15 is 0 Å². The standard InChI is InChI=1S/C26H21N7O2/c1-16(24-30-21-8-2-3-9-22(21)31-24)29-26(34)19-12-23(17-6-4-10-27-13-17)32-25-20(19)14-28-33(25)15-18-7-5-11-35-18/h2-14,16H,15H2,1H3,(H,29,34)(H,30,31). The summed E-state index contributed by atoms with van der Waals surface area (Å²) in [4.78, 5) is 30.4. The number of pyridine rings is 2. The van der Waals surface area contributed by atoms with E-state index in [1.807, 2.05) is 55.5 Å². The van der Waals surface area contributed by atoms with Crippen molar-refractivity contribution in [3.63, 3.8) is 0 Å². The second-order valence-corrected chi connectivity index (χ2v) is 8.25. The molecule has 35 heavy (non-hydrogen) atoms. The Kier molecular flexibility index (Phi) is 5.07. The summed E-state index contributed by atoms with van der Waals surface area (Å²) in [7, 11) is 0. The number of aromatic amines is 1. The van der Waals surface area contributed by atoms with Gasteiger partial charge in [0.15, 0.2) is 5.65 Å². The number of hydrogen-bond donors (Lipinski definition) is 2. The largest absolute Gasteiger partial charge is 0.467 e. The van der Waals surface area contributed by atoms with E-state index in [0.29, 0.717) is 34.7 Å². The van der Waals surface area contributed by atoms with Crippen LogP contribution in [0.2, 0.25) is 0 Å². The smallest absolute Gasteiger partial charge is 0.252 e. The van der Waals surface area contributed by atoms with Crippen LogP contribution in [0, 0.1) is 0 Å². The van der Waals surface area contributed by atoms with Crippen molar-refractivity contribution >= 4 is 28.0 Å². The number of furan rings is 1. The second-order valence-electron chi connectivity index (χ2n) is 8.25. The Morgan fingerprint density at radius 3 is 2.83 bits per heavy atom. The summed E-state index contributed by atoms with van der Waals surface area (Å²) in [6, 6.07) is 16.7. The average Bonchev–Trinajstić information content (AvgIpc) is 3.64. The molecule has 0 radical (unpaired) electrons. The maximum Gasteiger partial charge on any atom is 0.252 e. The molecule has 0 bridgehead atoms. The van der Waals surface area contributed by atoms with Crippen LogP contribution in [-0.2, 0) is 6.54 Å². The maximum atomic E-state index is 13.5. The maximum absolute atomic E-state index is 13.5. The van der Waals surface area contributed by atoms with Crippen LogP contribution in [0.3, 0.4) is 0 Å². The lowest BCUT2D eigenvalue weighted by Crippen LogP contribution is -2.27. The van der Waals surface area contributed by atoms with Gasteiger partial charge in [0, 0.05) is 18.0 Å². The van der Waals surface area contributed by atoms with Gasteiger partial charge in [-0.25, -0.2) is 14.6 Å². The first-order valence-corrected chi connectivity index (χ1v) is 11.2. The predicted octanol–water partition coefficient (Wildman–Crippen LogP) is 4.50. The molecule has 0 spiro atoms. The van der Waals surface area contributed by atoms with Crippen molar-refractivity contribution < 1.29 is 9.21 Å². The van der Waals surface area contributed by atoms with Crippen molar-refractivity contribution in [2.75, 3.05) is 0 Å². The van der Waals surface area contributed by atoms with E-state index in [4.69, 9.17) is 9.40 Å². The van der Waals surface area contributed by atoms with E-state index in [2.05, 4.69) is 25.4 Å². The Labute approximate surface area is 199 Å². The van der Waals surface area contributed by atoms with Crippen LogP contribution in [0.15, 0.2) is 83.9 Å². The number of benzene rings is 1. The van der Waals surface area contributed by atoms with Gasteiger partial charge in [-0.15, -0.1) is 0 Å². The molecule has 0 fully saturated rings. The predicted molar refractivity (Wildman–Crippen MR) is 131 cm³/mol. The van der Waals surface area contributed by atoms with Gasteiger partial charge in [-0.05, 0) is 49.4 Å². The average molecular weight is 464 g/mol. The van der Waals surface area contributed by atoms with Crippen molar-refractivity contribution in [1.82, 2.24) is 35.0 Å². The van der Waals surface area contributed by atoms with Gasteiger partial charge in [0.25, 0.3) is 5.91 Å². The SMILES string of the molecule is CC(NC(=O)c1cc(-c2cccnc2)nc2c1cnn2Cc1ccco1)c1nc2ccccc2[nH]1. The lowest BCUT2D eigenvalue weighted by molar-refractivity contribution is 0.0940. The Balaban J connectivity index is 1.39. The molecule has 0 aliphatic carbocycles. The lowest BCUT2D eigenvalue weighted by atomic mass is 10.1. The summed E-state index contributed by atoms with van der Waals surface area (Å²) in [6.07, 6.45) is 6.71. The summed E-state index contributed by atoms with van der Waals surface area (Å²) in [5.41, 5.74) is 4.28. The molecule has 6 aromatic rings. The number of fused-ring (bicyclic) bond motifs is 2. The monoisotopic (exact) mass is 463 g/mol. The Morgan fingerprint density at radius 1 is 1.11 bits per heavy atom. The molecule has 0 aliphatic heterocycles. The van der Waals surface area contributed by atoms with Crippen LogP contribution in [0.5, 0.6) is 0 Å². The van der Waals surface area contributed by atoms with E-state index in [9.17, 15) is 4.79 Å². The molecule has 1 atom stereocenters.